The first-order valence-corrected chi connectivity index (χ1v) is 7.02. The monoisotopic (exact) mass is 265 g/mol. The molecule has 18 heavy (non-hydrogen) atoms. The molecule has 1 aliphatic rings. The summed E-state index contributed by atoms with van der Waals surface area (Å²) in [6.07, 6.45) is 9.30. The van der Waals surface area contributed by atoms with Crippen LogP contribution < -0.4 is 10.5 Å². The van der Waals surface area contributed by atoms with Crippen molar-refractivity contribution in [3.05, 3.63) is 34.8 Å². The van der Waals surface area contributed by atoms with Crippen molar-refractivity contribution in [3.63, 3.8) is 0 Å². The molecule has 0 N–H and O–H groups in total. The Labute approximate surface area is 113 Å². The summed E-state index contributed by atoms with van der Waals surface area (Å²) in [4.78, 5) is 14.1. The second-order valence-corrected chi connectivity index (χ2v) is 4.80. The molecule has 0 unspecified atom stereocenters. The molecule has 0 amide bonds. The lowest BCUT2D eigenvalue weighted by Crippen LogP contribution is -2.32. The lowest BCUT2D eigenvalue weighted by molar-refractivity contribution is 0.572. The van der Waals surface area contributed by atoms with Crippen LogP contribution in [0.25, 0.3) is 0 Å². The van der Waals surface area contributed by atoms with E-state index in [1.807, 2.05) is 12.2 Å². The van der Waals surface area contributed by atoms with Gasteiger partial charge in [0.25, 0.3) is 5.56 Å². The normalized spacial score (nSPS) is 16.4. The highest BCUT2D eigenvalue weighted by Crippen LogP contribution is 2.16. The number of rotatable bonds is 4. The minimum atomic E-state index is -0.0399. The molecule has 1 fully saturated rings. The van der Waals surface area contributed by atoms with E-state index >= 15 is 0 Å². The van der Waals surface area contributed by atoms with Crippen molar-refractivity contribution in [2.24, 2.45) is 0 Å². The van der Waals surface area contributed by atoms with Crippen molar-refractivity contribution < 1.29 is 0 Å². The van der Waals surface area contributed by atoms with Gasteiger partial charge in [-0.3, -0.25) is 4.79 Å². The molecule has 0 atom stereocenters. The zero-order valence-electron chi connectivity index (χ0n) is 10.5. The average molecular weight is 265 g/mol. The van der Waals surface area contributed by atoms with E-state index in [4.69, 9.17) is 0 Å². The lowest BCUT2D eigenvalue weighted by atomic mass is 10.1. The zero-order chi connectivity index (χ0) is 12.8. The molecular formula is C13H19N3OS. The Morgan fingerprint density at radius 1 is 1.28 bits per heavy atom. The molecule has 4 nitrogen and oxygen atoms in total. The predicted octanol–water partition coefficient (Wildman–Crippen LogP) is 1.72. The fraction of sp³-hybridized carbons (Fsp3) is 0.538. The van der Waals surface area contributed by atoms with Crippen molar-refractivity contribution >= 4 is 18.3 Å². The summed E-state index contributed by atoms with van der Waals surface area (Å²) in [7, 11) is 0. The van der Waals surface area contributed by atoms with Crippen molar-refractivity contribution in [2.75, 3.05) is 23.7 Å². The van der Waals surface area contributed by atoms with E-state index in [1.165, 1.54) is 23.9 Å². The highest BCUT2D eigenvalue weighted by atomic mass is 32.1. The van der Waals surface area contributed by atoms with E-state index in [0.29, 0.717) is 12.3 Å². The highest BCUT2D eigenvalue weighted by Gasteiger charge is 2.11. The van der Waals surface area contributed by atoms with Crippen LogP contribution in [0, 0.1) is 0 Å². The molecule has 0 spiro atoms. The maximum Gasteiger partial charge on any atom is 0.269 e. The van der Waals surface area contributed by atoms with Crippen LogP contribution in [0.15, 0.2) is 29.2 Å². The summed E-state index contributed by atoms with van der Waals surface area (Å²) in [5.74, 6) is 0.681. The van der Waals surface area contributed by atoms with Gasteiger partial charge in [0.2, 0.25) is 0 Å². The van der Waals surface area contributed by atoms with Gasteiger partial charge in [0.15, 0.2) is 0 Å². The molecule has 1 aromatic heterocycles. The fourth-order valence-corrected chi connectivity index (χ4v) is 2.28. The fourth-order valence-electron chi connectivity index (χ4n) is 2.14. The number of aromatic nitrogens is 2. The van der Waals surface area contributed by atoms with Gasteiger partial charge in [-0.1, -0.05) is 12.2 Å². The van der Waals surface area contributed by atoms with Crippen molar-refractivity contribution in [1.82, 2.24) is 9.78 Å². The Morgan fingerprint density at radius 2 is 2.06 bits per heavy atom. The molecule has 2 heterocycles. The molecule has 0 bridgehead atoms. The molecule has 0 aromatic carbocycles. The molecule has 1 aromatic rings. The van der Waals surface area contributed by atoms with Gasteiger partial charge in [-0.25, -0.2) is 4.68 Å². The lowest BCUT2D eigenvalue weighted by Gasteiger charge is -2.28. The molecule has 2 rings (SSSR count). The third-order valence-corrected chi connectivity index (χ3v) is 3.34. The topological polar surface area (TPSA) is 38.1 Å². The molecular weight excluding hydrogens is 246 g/mol. The number of anilines is 1. The summed E-state index contributed by atoms with van der Waals surface area (Å²) in [5, 5.41) is 4.21. The number of hydrogen-bond acceptors (Lipinski definition) is 4. The van der Waals surface area contributed by atoms with Crippen molar-refractivity contribution in [1.29, 1.82) is 0 Å². The Hall–Kier alpha value is -1.23. The SMILES string of the molecule is O=c1cc(N2CCCCC2)cnn1C/C=C/CS. The summed E-state index contributed by atoms with van der Waals surface area (Å²) in [6.45, 7) is 2.58. The molecule has 1 aliphatic heterocycles. The second kappa shape index (κ2) is 6.64. The maximum atomic E-state index is 11.9. The zero-order valence-corrected chi connectivity index (χ0v) is 11.4. The van der Waals surface area contributed by atoms with E-state index in [-0.39, 0.29) is 5.56 Å². The molecule has 0 radical (unpaired) electrons. The number of piperidine rings is 1. The van der Waals surface area contributed by atoms with E-state index in [1.54, 1.807) is 12.3 Å². The van der Waals surface area contributed by atoms with Gasteiger partial charge in [0.05, 0.1) is 18.4 Å². The number of nitrogens with zero attached hydrogens (tertiary/aromatic N) is 3. The van der Waals surface area contributed by atoms with Crippen molar-refractivity contribution in [3.8, 4) is 0 Å². The van der Waals surface area contributed by atoms with Crippen LogP contribution in [0.2, 0.25) is 0 Å². The van der Waals surface area contributed by atoms with Crippen LogP contribution in [0.3, 0.4) is 0 Å². The summed E-state index contributed by atoms with van der Waals surface area (Å²) < 4.78 is 1.47. The van der Waals surface area contributed by atoms with Gasteiger partial charge in [-0.05, 0) is 19.3 Å². The first-order valence-electron chi connectivity index (χ1n) is 6.39. The third kappa shape index (κ3) is 3.38. The van der Waals surface area contributed by atoms with Gasteiger partial charge < -0.3 is 4.90 Å². The largest absolute Gasteiger partial charge is 0.370 e. The average Bonchev–Trinajstić information content (AvgIpc) is 2.42. The van der Waals surface area contributed by atoms with Gasteiger partial charge in [0, 0.05) is 24.9 Å². The van der Waals surface area contributed by atoms with E-state index in [2.05, 4.69) is 22.6 Å². The van der Waals surface area contributed by atoms with Crippen molar-refractivity contribution in [2.45, 2.75) is 25.8 Å². The Bertz CT molecular complexity index is 464. The van der Waals surface area contributed by atoms with Gasteiger partial charge in [-0.15, -0.1) is 0 Å². The molecule has 0 aliphatic carbocycles. The van der Waals surface area contributed by atoms with Crippen LogP contribution in [0.5, 0.6) is 0 Å². The minimum Gasteiger partial charge on any atom is -0.370 e. The molecule has 1 saturated heterocycles. The maximum absolute atomic E-state index is 11.9. The molecule has 0 saturated carbocycles. The first kappa shape index (κ1) is 13.2. The first-order chi connectivity index (χ1) is 8.81. The summed E-state index contributed by atoms with van der Waals surface area (Å²) in [5.41, 5.74) is 0.913. The van der Waals surface area contributed by atoms with Gasteiger partial charge in [0.1, 0.15) is 0 Å². The van der Waals surface area contributed by atoms with Crippen LogP contribution in [-0.2, 0) is 6.54 Å². The Balaban J connectivity index is 2.09. The molecule has 5 heteroatoms. The Morgan fingerprint density at radius 3 is 2.72 bits per heavy atom. The quantitative estimate of drug-likeness (QED) is 0.665. The number of hydrogen-bond donors (Lipinski definition) is 1. The van der Waals surface area contributed by atoms with E-state index in [9.17, 15) is 4.79 Å². The van der Waals surface area contributed by atoms with E-state index in [0.717, 1.165) is 18.8 Å². The summed E-state index contributed by atoms with van der Waals surface area (Å²) >= 11 is 4.08. The van der Waals surface area contributed by atoms with Crippen LogP contribution in [0.1, 0.15) is 19.3 Å². The Kier molecular flexibility index (Phi) is 4.87. The standard InChI is InChI=1S/C13H19N3OS/c17-13-10-12(15-6-2-1-3-7-15)11-14-16(13)8-4-5-9-18/h4-5,10-11,18H,1-3,6-9H2/b5-4+. The van der Waals surface area contributed by atoms with Crippen LogP contribution >= 0.6 is 12.6 Å². The minimum absolute atomic E-state index is 0.0399. The predicted molar refractivity (Wildman–Crippen MR) is 77.6 cm³/mol. The van der Waals surface area contributed by atoms with Gasteiger partial charge in [-0.2, -0.15) is 17.7 Å². The molecule has 98 valence electrons. The highest BCUT2D eigenvalue weighted by molar-refractivity contribution is 7.80. The number of thiol groups is 1. The van der Waals surface area contributed by atoms with E-state index < -0.39 is 0 Å². The second-order valence-electron chi connectivity index (χ2n) is 4.44. The van der Waals surface area contributed by atoms with Gasteiger partial charge >= 0.3 is 0 Å². The number of allylic oxidation sites excluding steroid dienone is 1. The third-order valence-electron chi connectivity index (χ3n) is 3.13. The smallest absolute Gasteiger partial charge is 0.269 e. The summed E-state index contributed by atoms with van der Waals surface area (Å²) in [6, 6.07) is 1.69. The van der Waals surface area contributed by atoms with Crippen LogP contribution in [-0.4, -0.2) is 28.6 Å². The van der Waals surface area contributed by atoms with Crippen LogP contribution in [0.4, 0.5) is 5.69 Å².